The minimum atomic E-state index is -0.121. The van der Waals surface area contributed by atoms with Gasteiger partial charge in [-0.25, -0.2) is 0 Å². The number of hydrogen-bond acceptors (Lipinski definition) is 3. The molecule has 0 bridgehead atoms. The highest BCUT2D eigenvalue weighted by Gasteiger charge is 2.17. The average Bonchev–Trinajstić information content (AvgIpc) is 2.27. The van der Waals surface area contributed by atoms with Crippen LogP contribution in [0.5, 0.6) is 0 Å². The Balaban J connectivity index is 2.75. The van der Waals surface area contributed by atoms with E-state index in [4.69, 9.17) is 11.6 Å². The van der Waals surface area contributed by atoms with Crippen LogP contribution in [0.3, 0.4) is 0 Å². The Morgan fingerprint density at radius 3 is 2.86 bits per heavy atom. The summed E-state index contributed by atoms with van der Waals surface area (Å²) in [7, 11) is 1.70. The Hall–Kier alpha value is -1.16. The monoisotopic (exact) mass is 213 g/mol. The smallest absolute Gasteiger partial charge is 0.237 e. The molecule has 1 amide bonds. The summed E-state index contributed by atoms with van der Waals surface area (Å²) in [6, 6.07) is -0.102. The molecular weight excluding hydrogens is 202 g/mol. The van der Waals surface area contributed by atoms with E-state index < -0.39 is 0 Å². The lowest BCUT2D eigenvalue weighted by molar-refractivity contribution is -0.129. The lowest BCUT2D eigenvalue weighted by Crippen LogP contribution is -2.31. The standard InChI is InChI=1S/C9H12ClN3O/c1-7(13(2)9(14)5-10)8-6-11-3-4-12-8/h3-4,6-7H,5H2,1-2H3/t7-/m0/s1. The number of nitrogens with zero attached hydrogens (tertiary/aromatic N) is 3. The fourth-order valence-corrected chi connectivity index (χ4v) is 1.22. The third-order valence-electron chi connectivity index (χ3n) is 2.10. The van der Waals surface area contributed by atoms with Gasteiger partial charge in [-0.2, -0.15) is 0 Å². The molecule has 0 spiro atoms. The first-order chi connectivity index (χ1) is 6.66. The van der Waals surface area contributed by atoms with E-state index in [2.05, 4.69) is 9.97 Å². The zero-order valence-electron chi connectivity index (χ0n) is 8.14. The predicted octanol–water partition coefficient (Wildman–Crippen LogP) is 1.23. The van der Waals surface area contributed by atoms with Crippen molar-refractivity contribution >= 4 is 17.5 Å². The van der Waals surface area contributed by atoms with Gasteiger partial charge in [-0.15, -0.1) is 11.6 Å². The number of rotatable bonds is 3. The van der Waals surface area contributed by atoms with Crippen LogP contribution in [0.15, 0.2) is 18.6 Å². The van der Waals surface area contributed by atoms with Gasteiger partial charge >= 0.3 is 0 Å². The van der Waals surface area contributed by atoms with Crippen LogP contribution in [-0.2, 0) is 4.79 Å². The molecule has 0 fully saturated rings. The van der Waals surface area contributed by atoms with E-state index in [1.165, 1.54) is 0 Å². The highest BCUT2D eigenvalue weighted by atomic mass is 35.5. The van der Waals surface area contributed by atoms with Gasteiger partial charge in [-0.3, -0.25) is 14.8 Å². The summed E-state index contributed by atoms with van der Waals surface area (Å²) in [5.41, 5.74) is 0.758. The van der Waals surface area contributed by atoms with Crippen molar-refractivity contribution in [1.82, 2.24) is 14.9 Å². The van der Waals surface area contributed by atoms with E-state index in [1.54, 1.807) is 30.5 Å². The van der Waals surface area contributed by atoms with E-state index in [9.17, 15) is 4.79 Å². The maximum absolute atomic E-state index is 11.3. The Labute approximate surface area is 87.9 Å². The van der Waals surface area contributed by atoms with Crippen LogP contribution < -0.4 is 0 Å². The summed E-state index contributed by atoms with van der Waals surface area (Å²) in [4.78, 5) is 20.9. The Kier molecular flexibility index (Phi) is 3.83. The first-order valence-electron chi connectivity index (χ1n) is 4.24. The summed E-state index contributed by atoms with van der Waals surface area (Å²) < 4.78 is 0. The fraction of sp³-hybridized carbons (Fsp3) is 0.444. The Bertz CT molecular complexity index is 304. The molecule has 0 radical (unpaired) electrons. The summed E-state index contributed by atoms with van der Waals surface area (Å²) in [5, 5.41) is 0. The second kappa shape index (κ2) is 4.91. The highest BCUT2D eigenvalue weighted by Crippen LogP contribution is 2.14. The molecule has 0 aromatic carbocycles. The van der Waals surface area contributed by atoms with Crippen LogP contribution in [0.4, 0.5) is 0 Å². The van der Waals surface area contributed by atoms with Crippen molar-refractivity contribution in [2.24, 2.45) is 0 Å². The maximum Gasteiger partial charge on any atom is 0.237 e. The first kappa shape index (κ1) is 10.9. The van der Waals surface area contributed by atoms with Gasteiger partial charge in [0.05, 0.1) is 17.9 Å². The number of hydrogen-bond donors (Lipinski definition) is 0. The van der Waals surface area contributed by atoms with Crippen LogP contribution in [0, 0.1) is 0 Å². The lowest BCUT2D eigenvalue weighted by Gasteiger charge is -2.23. The highest BCUT2D eigenvalue weighted by molar-refractivity contribution is 6.27. The predicted molar refractivity (Wildman–Crippen MR) is 53.9 cm³/mol. The SMILES string of the molecule is C[C@@H](c1cnccn1)N(C)C(=O)CCl. The van der Waals surface area contributed by atoms with Crippen LogP contribution in [0.1, 0.15) is 18.7 Å². The molecule has 76 valence electrons. The van der Waals surface area contributed by atoms with Crippen LogP contribution in [0.25, 0.3) is 0 Å². The molecule has 1 heterocycles. The van der Waals surface area contributed by atoms with E-state index in [1.807, 2.05) is 6.92 Å². The second-order valence-electron chi connectivity index (χ2n) is 2.94. The molecule has 14 heavy (non-hydrogen) atoms. The summed E-state index contributed by atoms with van der Waals surface area (Å²) >= 11 is 5.45. The fourth-order valence-electron chi connectivity index (χ4n) is 1.04. The molecule has 1 atom stereocenters. The van der Waals surface area contributed by atoms with E-state index in [0.29, 0.717) is 0 Å². The third kappa shape index (κ3) is 2.42. The molecule has 0 saturated heterocycles. The topological polar surface area (TPSA) is 46.1 Å². The molecule has 0 aliphatic rings. The number of carbonyl (C=O) groups is 1. The maximum atomic E-state index is 11.3. The van der Waals surface area contributed by atoms with Gasteiger partial charge in [0, 0.05) is 19.4 Å². The molecule has 1 aromatic heterocycles. The average molecular weight is 214 g/mol. The van der Waals surface area contributed by atoms with Crippen molar-refractivity contribution in [2.45, 2.75) is 13.0 Å². The quantitative estimate of drug-likeness (QED) is 0.710. The molecule has 0 unspecified atom stereocenters. The van der Waals surface area contributed by atoms with Crippen molar-refractivity contribution in [2.75, 3.05) is 12.9 Å². The normalized spacial score (nSPS) is 12.2. The number of carbonyl (C=O) groups excluding carboxylic acids is 1. The van der Waals surface area contributed by atoms with Gasteiger partial charge in [-0.1, -0.05) is 0 Å². The molecule has 1 aromatic rings. The summed E-state index contributed by atoms with van der Waals surface area (Å²) in [6.07, 6.45) is 4.84. The zero-order valence-corrected chi connectivity index (χ0v) is 8.90. The Morgan fingerprint density at radius 1 is 1.64 bits per heavy atom. The molecule has 5 heteroatoms. The first-order valence-corrected chi connectivity index (χ1v) is 4.77. The van der Waals surface area contributed by atoms with Gasteiger partial charge in [0.1, 0.15) is 5.88 Å². The largest absolute Gasteiger partial charge is 0.336 e. The third-order valence-corrected chi connectivity index (χ3v) is 2.33. The van der Waals surface area contributed by atoms with Gasteiger partial charge in [-0.05, 0) is 6.92 Å². The molecule has 0 N–H and O–H groups in total. The van der Waals surface area contributed by atoms with Gasteiger partial charge in [0.2, 0.25) is 5.91 Å². The van der Waals surface area contributed by atoms with Crippen molar-refractivity contribution < 1.29 is 4.79 Å². The van der Waals surface area contributed by atoms with Crippen molar-refractivity contribution in [3.63, 3.8) is 0 Å². The molecule has 0 aliphatic heterocycles. The minimum Gasteiger partial charge on any atom is -0.336 e. The van der Waals surface area contributed by atoms with Gasteiger partial charge in [0.25, 0.3) is 0 Å². The van der Waals surface area contributed by atoms with Gasteiger partial charge in [0.15, 0.2) is 0 Å². The van der Waals surface area contributed by atoms with Crippen LogP contribution in [0.2, 0.25) is 0 Å². The summed E-state index contributed by atoms with van der Waals surface area (Å²) in [6.45, 7) is 1.88. The summed E-state index contributed by atoms with van der Waals surface area (Å²) in [5.74, 6) is -0.133. The lowest BCUT2D eigenvalue weighted by atomic mass is 10.2. The van der Waals surface area contributed by atoms with Crippen molar-refractivity contribution in [3.05, 3.63) is 24.3 Å². The van der Waals surface area contributed by atoms with E-state index >= 15 is 0 Å². The molecule has 4 nitrogen and oxygen atoms in total. The van der Waals surface area contributed by atoms with Crippen molar-refractivity contribution in [3.8, 4) is 0 Å². The zero-order chi connectivity index (χ0) is 10.6. The minimum absolute atomic E-state index is 0.0128. The van der Waals surface area contributed by atoms with Crippen LogP contribution in [-0.4, -0.2) is 33.7 Å². The molecule has 1 rings (SSSR count). The van der Waals surface area contributed by atoms with Crippen LogP contribution >= 0.6 is 11.6 Å². The Morgan fingerprint density at radius 2 is 2.36 bits per heavy atom. The number of amides is 1. The van der Waals surface area contributed by atoms with E-state index in [-0.39, 0.29) is 17.8 Å². The number of halogens is 1. The number of aromatic nitrogens is 2. The molecule has 0 aliphatic carbocycles. The molecule has 0 saturated carbocycles. The van der Waals surface area contributed by atoms with E-state index in [0.717, 1.165) is 5.69 Å². The molecular formula is C9H12ClN3O. The van der Waals surface area contributed by atoms with Crippen molar-refractivity contribution in [1.29, 1.82) is 0 Å². The number of alkyl halides is 1. The second-order valence-corrected chi connectivity index (χ2v) is 3.21. The van der Waals surface area contributed by atoms with Gasteiger partial charge < -0.3 is 4.90 Å².